The van der Waals surface area contributed by atoms with Crippen molar-refractivity contribution in [1.82, 2.24) is 0 Å². The third-order valence-electron chi connectivity index (χ3n) is 4.13. The predicted octanol–water partition coefficient (Wildman–Crippen LogP) is 7.12. The molecule has 0 aliphatic heterocycles. The van der Waals surface area contributed by atoms with Crippen LogP contribution in [0.5, 0.6) is 0 Å². The SMILES string of the molecule is BrC(Br)(Br)Br.CC(=O)OCC#CCBr.CC(=O)OCC#CCO.c1ccc(P(c2ccccc2)c2ccccc2)cc1. The Balaban J connectivity index is 0.000000617. The Bertz CT molecular complexity index is 1130. The number of esters is 2. The molecule has 0 aromatic heterocycles. The smallest absolute Gasteiger partial charge is 0.303 e. The van der Waals surface area contributed by atoms with Gasteiger partial charge in [0.1, 0.15) is 6.61 Å². The molecule has 0 atom stereocenters. The van der Waals surface area contributed by atoms with Gasteiger partial charge in [-0.2, -0.15) is 0 Å². The summed E-state index contributed by atoms with van der Waals surface area (Å²) in [7, 11) is -0.446. The fourth-order valence-corrected chi connectivity index (χ4v) is 5.16. The summed E-state index contributed by atoms with van der Waals surface area (Å²) in [5.41, 5.74) is 0. The van der Waals surface area contributed by atoms with Gasteiger partial charge in [-0.05, 0) is 87.6 Å². The van der Waals surface area contributed by atoms with E-state index in [-0.39, 0.29) is 32.8 Å². The normalized spacial score (nSPS) is 9.36. The molecule has 42 heavy (non-hydrogen) atoms. The molecule has 0 amide bonds. The summed E-state index contributed by atoms with van der Waals surface area (Å²) in [5.74, 6) is 9.42. The fourth-order valence-electron chi connectivity index (χ4n) is 2.66. The molecule has 1 N–H and O–H groups in total. The van der Waals surface area contributed by atoms with Gasteiger partial charge in [0.05, 0.1) is 5.33 Å². The second-order valence-electron chi connectivity index (χ2n) is 7.33. The summed E-state index contributed by atoms with van der Waals surface area (Å²) in [4.78, 5) is 20.2. The number of carbonyl (C=O) groups excluding carboxylic acids is 2. The highest BCUT2D eigenvalue weighted by molar-refractivity contribution is 9.52. The monoisotopic (exact) mass is 908 g/mol. The molecule has 3 aromatic carbocycles. The van der Waals surface area contributed by atoms with Crippen LogP contribution in [-0.4, -0.2) is 43.2 Å². The molecular weight excluding hydrogens is 883 g/mol. The second-order valence-corrected chi connectivity index (χ2v) is 21.3. The zero-order chi connectivity index (χ0) is 31.6. The van der Waals surface area contributed by atoms with Gasteiger partial charge in [0.25, 0.3) is 0 Å². The van der Waals surface area contributed by atoms with E-state index in [9.17, 15) is 9.59 Å². The van der Waals surface area contributed by atoms with Gasteiger partial charge in [0.15, 0.2) is 14.3 Å². The number of rotatable bonds is 5. The van der Waals surface area contributed by atoms with Crippen LogP contribution in [0.4, 0.5) is 0 Å². The van der Waals surface area contributed by atoms with Crippen LogP contribution >= 0.6 is 87.6 Å². The summed E-state index contributed by atoms with van der Waals surface area (Å²) in [6.45, 7) is 2.73. The molecule has 0 radical (unpaired) electrons. The van der Waals surface area contributed by atoms with Crippen LogP contribution in [0.3, 0.4) is 0 Å². The lowest BCUT2D eigenvalue weighted by molar-refractivity contribution is -0.140. The van der Waals surface area contributed by atoms with E-state index in [0.29, 0.717) is 5.33 Å². The average molecular weight is 913 g/mol. The molecule has 3 aromatic rings. The Morgan fingerprint density at radius 3 is 1.24 bits per heavy atom. The lowest BCUT2D eigenvalue weighted by atomic mass is 10.4. The van der Waals surface area contributed by atoms with Crippen molar-refractivity contribution in [3.05, 3.63) is 91.0 Å². The molecule has 5 nitrogen and oxygen atoms in total. The number of hydrogen-bond acceptors (Lipinski definition) is 5. The van der Waals surface area contributed by atoms with E-state index in [4.69, 9.17) is 5.11 Å². The molecule has 224 valence electrons. The van der Waals surface area contributed by atoms with E-state index in [1.807, 2.05) is 0 Å². The van der Waals surface area contributed by atoms with Crippen molar-refractivity contribution in [2.75, 3.05) is 25.2 Å². The largest absolute Gasteiger partial charge is 0.453 e. The standard InChI is InChI=1S/C18H15P.C6H7BrO2.C6H8O3.CBr4/c1-4-10-16(11-5-1)19(17-12-6-2-7-13-17)18-14-8-3-9-15-18;2*1-6(8)9-5-3-2-4-7;2-1(3,4)5/h1-15H;4-5H2,1H3;7H,4-5H2,1H3;. The van der Waals surface area contributed by atoms with Crippen LogP contribution in [-0.2, 0) is 19.1 Å². The molecule has 0 aliphatic carbocycles. The van der Waals surface area contributed by atoms with E-state index in [1.165, 1.54) is 29.8 Å². The molecule has 0 unspecified atom stereocenters. The second kappa shape index (κ2) is 26.0. The van der Waals surface area contributed by atoms with Crippen LogP contribution in [0, 0.1) is 23.7 Å². The summed E-state index contributed by atoms with van der Waals surface area (Å²) in [6, 6.07) is 32.3. The minimum absolute atomic E-state index is 0.0654. The molecule has 11 heteroatoms. The van der Waals surface area contributed by atoms with Gasteiger partial charge >= 0.3 is 11.9 Å². The maximum absolute atomic E-state index is 10.1. The van der Waals surface area contributed by atoms with E-state index in [2.05, 4.69) is 204 Å². The Labute approximate surface area is 291 Å². The zero-order valence-electron chi connectivity index (χ0n) is 22.9. The molecule has 3 rings (SSSR count). The third kappa shape index (κ3) is 25.0. The lowest BCUT2D eigenvalue weighted by Crippen LogP contribution is -2.20. The first kappa shape index (κ1) is 40.5. The molecule has 0 fully saturated rings. The highest BCUT2D eigenvalue weighted by atomic mass is 80.0. The van der Waals surface area contributed by atoms with Gasteiger partial charge in [-0.15, -0.1) is 0 Å². The fraction of sp³-hybridized carbons (Fsp3) is 0.226. The van der Waals surface area contributed by atoms with Gasteiger partial charge in [0, 0.05) is 13.8 Å². The zero-order valence-corrected chi connectivity index (χ0v) is 31.7. The number of alkyl halides is 5. The number of halogens is 5. The molecular formula is C31H30Br5O5P. The average Bonchev–Trinajstić information content (AvgIpc) is 2.95. The molecule has 0 aliphatic rings. The number of carbonyl (C=O) groups is 2. The van der Waals surface area contributed by atoms with Crippen molar-refractivity contribution in [3.63, 3.8) is 0 Å². The van der Waals surface area contributed by atoms with Crippen molar-refractivity contribution >= 4 is 115 Å². The summed E-state index contributed by atoms with van der Waals surface area (Å²) in [6.07, 6.45) is 0. The van der Waals surface area contributed by atoms with E-state index in [0.717, 1.165) is 0 Å². The lowest BCUT2D eigenvalue weighted by Gasteiger charge is -2.18. The van der Waals surface area contributed by atoms with Crippen molar-refractivity contribution in [3.8, 4) is 23.7 Å². The molecule has 0 spiro atoms. The van der Waals surface area contributed by atoms with Crippen LogP contribution in [0.2, 0.25) is 0 Å². The van der Waals surface area contributed by atoms with Crippen molar-refractivity contribution in [1.29, 1.82) is 0 Å². The van der Waals surface area contributed by atoms with Gasteiger partial charge in [-0.3, -0.25) is 9.59 Å². The Morgan fingerprint density at radius 2 is 0.976 bits per heavy atom. The Hall–Kier alpha value is -1.49. The quantitative estimate of drug-likeness (QED) is 0.128. The Morgan fingerprint density at radius 1 is 0.667 bits per heavy atom. The van der Waals surface area contributed by atoms with Crippen molar-refractivity contribution in [2.24, 2.45) is 0 Å². The van der Waals surface area contributed by atoms with Crippen molar-refractivity contribution < 1.29 is 24.2 Å². The minimum Gasteiger partial charge on any atom is -0.453 e. The van der Waals surface area contributed by atoms with E-state index < -0.39 is 7.92 Å². The number of benzene rings is 3. The maximum Gasteiger partial charge on any atom is 0.303 e. The van der Waals surface area contributed by atoms with Gasteiger partial charge < -0.3 is 14.6 Å². The van der Waals surface area contributed by atoms with Crippen LogP contribution < -0.4 is 15.9 Å². The Kier molecular flexibility index (Phi) is 25.0. The summed E-state index contributed by atoms with van der Waals surface area (Å²) in [5, 5.41) is 12.9. The van der Waals surface area contributed by atoms with Gasteiger partial charge in [-0.25, -0.2) is 0 Å². The predicted molar refractivity (Wildman–Crippen MR) is 193 cm³/mol. The molecule has 0 saturated carbocycles. The topological polar surface area (TPSA) is 72.8 Å². The summed E-state index contributed by atoms with van der Waals surface area (Å²) < 4.78 is 8.68. The highest BCUT2D eigenvalue weighted by Gasteiger charge is 2.15. The number of aliphatic hydroxyl groups excluding tert-OH is 1. The first-order valence-corrected chi connectivity index (χ1v) is 17.7. The maximum atomic E-state index is 10.1. The number of aliphatic hydroxyl groups is 1. The third-order valence-corrected chi connectivity index (χ3v) is 6.86. The van der Waals surface area contributed by atoms with Gasteiger partial charge in [0.2, 0.25) is 0 Å². The number of hydrogen-bond donors (Lipinski definition) is 1. The van der Waals surface area contributed by atoms with Crippen LogP contribution in [0.25, 0.3) is 0 Å². The molecule has 0 saturated heterocycles. The van der Waals surface area contributed by atoms with Gasteiger partial charge in [-0.1, -0.05) is 131 Å². The first-order chi connectivity index (χ1) is 20.0. The van der Waals surface area contributed by atoms with Crippen LogP contribution in [0.1, 0.15) is 13.8 Å². The summed E-state index contributed by atoms with van der Waals surface area (Å²) >= 11 is 15.6. The van der Waals surface area contributed by atoms with E-state index >= 15 is 0 Å². The molecule has 0 bridgehead atoms. The van der Waals surface area contributed by atoms with E-state index in [1.54, 1.807) is 0 Å². The highest BCUT2D eigenvalue weighted by Crippen LogP contribution is 2.39. The minimum atomic E-state index is -0.446. The van der Waals surface area contributed by atoms with Crippen LogP contribution in [0.15, 0.2) is 91.0 Å². The van der Waals surface area contributed by atoms with Crippen molar-refractivity contribution in [2.45, 2.75) is 14.9 Å². The first-order valence-electron chi connectivity index (χ1n) is 12.1. The molecule has 0 heterocycles. The number of ether oxygens (including phenoxy) is 2.